The zero-order chi connectivity index (χ0) is 6.97. The SMILES string of the molecule is CC1OCc2ccncc21. The Balaban J connectivity index is 2.51. The number of aromatic nitrogens is 1. The molecule has 1 aromatic rings. The van der Waals surface area contributed by atoms with E-state index in [1.807, 2.05) is 19.2 Å². The summed E-state index contributed by atoms with van der Waals surface area (Å²) in [5.41, 5.74) is 2.52. The smallest absolute Gasteiger partial charge is 0.0819 e. The van der Waals surface area contributed by atoms with Crippen LogP contribution in [0.1, 0.15) is 24.2 Å². The van der Waals surface area contributed by atoms with Crippen molar-refractivity contribution in [2.75, 3.05) is 0 Å². The molecule has 0 bridgehead atoms. The highest BCUT2D eigenvalue weighted by Gasteiger charge is 2.17. The van der Waals surface area contributed by atoms with Crippen molar-refractivity contribution < 1.29 is 4.74 Å². The van der Waals surface area contributed by atoms with Crippen LogP contribution in [-0.4, -0.2) is 4.98 Å². The molecular formula is C8H9NO. The second-order valence-electron chi connectivity index (χ2n) is 2.53. The molecule has 10 heavy (non-hydrogen) atoms. The van der Waals surface area contributed by atoms with E-state index in [2.05, 4.69) is 4.98 Å². The summed E-state index contributed by atoms with van der Waals surface area (Å²) < 4.78 is 5.38. The third-order valence-electron chi connectivity index (χ3n) is 1.87. The Labute approximate surface area is 59.9 Å². The van der Waals surface area contributed by atoms with E-state index >= 15 is 0 Å². The van der Waals surface area contributed by atoms with E-state index in [4.69, 9.17) is 4.74 Å². The highest BCUT2D eigenvalue weighted by Crippen LogP contribution is 2.28. The van der Waals surface area contributed by atoms with Crippen molar-refractivity contribution in [3.8, 4) is 0 Å². The maximum Gasteiger partial charge on any atom is 0.0819 e. The number of nitrogens with zero attached hydrogens (tertiary/aromatic N) is 1. The molecule has 2 rings (SSSR count). The van der Waals surface area contributed by atoms with Crippen LogP contribution in [0.4, 0.5) is 0 Å². The second-order valence-corrected chi connectivity index (χ2v) is 2.53. The van der Waals surface area contributed by atoms with Crippen molar-refractivity contribution in [2.24, 2.45) is 0 Å². The molecule has 0 radical (unpaired) electrons. The summed E-state index contributed by atoms with van der Waals surface area (Å²) in [6.07, 6.45) is 3.93. The minimum Gasteiger partial charge on any atom is -0.369 e. The molecule has 1 atom stereocenters. The fraction of sp³-hybridized carbons (Fsp3) is 0.375. The van der Waals surface area contributed by atoms with E-state index in [1.165, 1.54) is 11.1 Å². The molecule has 0 saturated heterocycles. The molecule has 0 N–H and O–H groups in total. The maximum absolute atomic E-state index is 5.38. The minimum absolute atomic E-state index is 0.240. The van der Waals surface area contributed by atoms with Crippen LogP contribution in [0.5, 0.6) is 0 Å². The second kappa shape index (κ2) is 2.06. The van der Waals surface area contributed by atoms with Gasteiger partial charge in [0.05, 0.1) is 12.7 Å². The Kier molecular flexibility index (Phi) is 1.21. The molecule has 0 aromatic carbocycles. The van der Waals surface area contributed by atoms with Crippen molar-refractivity contribution in [1.29, 1.82) is 0 Å². The summed E-state index contributed by atoms with van der Waals surface area (Å²) >= 11 is 0. The molecule has 1 aliphatic rings. The van der Waals surface area contributed by atoms with Crippen LogP contribution in [0.3, 0.4) is 0 Å². The van der Waals surface area contributed by atoms with Gasteiger partial charge in [-0.3, -0.25) is 4.98 Å². The van der Waals surface area contributed by atoms with E-state index in [1.54, 1.807) is 6.20 Å². The third-order valence-corrected chi connectivity index (χ3v) is 1.87. The monoisotopic (exact) mass is 135 g/mol. The van der Waals surface area contributed by atoms with E-state index in [-0.39, 0.29) is 6.10 Å². The van der Waals surface area contributed by atoms with E-state index < -0.39 is 0 Å². The lowest BCUT2D eigenvalue weighted by atomic mass is 10.1. The fourth-order valence-electron chi connectivity index (χ4n) is 1.24. The Morgan fingerprint density at radius 2 is 2.60 bits per heavy atom. The van der Waals surface area contributed by atoms with Crippen molar-refractivity contribution in [1.82, 2.24) is 4.98 Å². The largest absolute Gasteiger partial charge is 0.369 e. The van der Waals surface area contributed by atoms with Gasteiger partial charge < -0.3 is 4.74 Å². The summed E-state index contributed by atoms with van der Waals surface area (Å²) in [5.74, 6) is 0. The topological polar surface area (TPSA) is 22.1 Å². The van der Waals surface area contributed by atoms with Crippen molar-refractivity contribution in [3.63, 3.8) is 0 Å². The number of hydrogen-bond acceptors (Lipinski definition) is 2. The molecule has 0 amide bonds. The minimum atomic E-state index is 0.240. The lowest BCUT2D eigenvalue weighted by Crippen LogP contribution is -1.87. The molecule has 0 saturated carbocycles. The lowest BCUT2D eigenvalue weighted by molar-refractivity contribution is 0.0795. The lowest BCUT2D eigenvalue weighted by Gasteiger charge is -1.99. The zero-order valence-corrected chi connectivity index (χ0v) is 5.87. The van der Waals surface area contributed by atoms with Gasteiger partial charge in [0, 0.05) is 18.0 Å². The van der Waals surface area contributed by atoms with E-state index in [0.717, 1.165) is 6.61 Å². The van der Waals surface area contributed by atoms with Crippen LogP contribution in [0.2, 0.25) is 0 Å². The molecule has 1 aliphatic heterocycles. The Morgan fingerprint density at radius 3 is 3.40 bits per heavy atom. The normalized spacial score (nSPS) is 22.7. The zero-order valence-electron chi connectivity index (χ0n) is 5.87. The van der Waals surface area contributed by atoms with Crippen molar-refractivity contribution in [2.45, 2.75) is 19.6 Å². The summed E-state index contributed by atoms with van der Waals surface area (Å²) in [6, 6.07) is 2.01. The van der Waals surface area contributed by atoms with Crippen LogP contribution in [0.15, 0.2) is 18.5 Å². The predicted octanol–water partition coefficient (Wildman–Crippen LogP) is 1.67. The quantitative estimate of drug-likeness (QED) is 0.540. The van der Waals surface area contributed by atoms with Gasteiger partial charge in [-0.25, -0.2) is 0 Å². The highest BCUT2D eigenvalue weighted by atomic mass is 16.5. The van der Waals surface area contributed by atoms with Gasteiger partial charge in [-0.15, -0.1) is 0 Å². The van der Waals surface area contributed by atoms with Gasteiger partial charge in [-0.05, 0) is 18.6 Å². The van der Waals surface area contributed by atoms with Crippen LogP contribution in [0.25, 0.3) is 0 Å². The van der Waals surface area contributed by atoms with Gasteiger partial charge in [0.2, 0.25) is 0 Å². The number of hydrogen-bond donors (Lipinski definition) is 0. The van der Waals surface area contributed by atoms with Crippen LogP contribution in [-0.2, 0) is 11.3 Å². The molecular weight excluding hydrogens is 126 g/mol. The molecule has 0 spiro atoms. The fourth-order valence-corrected chi connectivity index (χ4v) is 1.24. The van der Waals surface area contributed by atoms with Gasteiger partial charge in [0.1, 0.15) is 0 Å². The molecule has 0 fully saturated rings. The third kappa shape index (κ3) is 0.727. The molecule has 1 aromatic heterocycles. The summed E-state index contributed by atoms with van der Waals surface area (Å²) in [6.45, 7) is 2.80. The Bertz CT molecular complexity index is 247. The summed E-state index contributed by atoms with van der Waals surface area (Å²) in [7, 11) is 0. The molecule has 2 nitrogen and oxygen atoms in total. The molecule has 0 aliphatic carbocycles. The first-order valence-corrected chi connectivity index (χ1v) is 3.42. The maximum atomic E-state index is 5.38. The number of rotatable bonds is 0. The first-order chi connectivity index (χ1) is 4.88. The molecule has 1 unspecified atom stereocenters. The molecule has 2 heterocycles. The van der Waals surface area contributed by atoms with Gasteiger partial charge in [-0.1, -0.05) is 0 Å². The van der Waals surface area contributed by atoms with Gasteiger partial charge in [0.25, 0.3) is 0 Å². The summed E-state index contributed by atoms with van der Waals surface area (Å²) in [4.78, 5) is 4.03. The van der Waals surface area contributed by atoms with Crippen LogP contribution < -0.4 is 0 Å². The Morgan fingerprint density at radius 1 is 1.70 bits per heavy atom. The highest BCUT2D eigenvalue weighted by molar-refractivity contribution is 5.27. The number of pyridine rings is 1. The molecule has 2 heteroatoms. The number of fused-ring (bicyclic) bond motifs is 1. The van der Waals surface area contributed by atoms with Gasteiger partial charge >= 0.3 is 0 Å². The van der Waals surface area contributed by atoms with Gasteiger partial charge in [-0.2, -0.15) is 0 Å². The van der Waals surface area contributed by atoms with Gasteiger partial charge in [0.15, 0.2) is 0 Å². The van der Waals surface area contributed by atoms with Crippen molar-refractivity contribution >= 4 is 0 Å². The first-order valence-electron chi connectivity index (χ1n) is 3.42. The molecule has 52 valence electrons. The summed E-state index contributed by atoms with van der Waals surface area (Å²) in [5, 5.41) is 0. The number of ether oxygens (including phenoxy) is 1. The standard InChI is InChI=1S/C8H9NO/c1-6-8-4-9-3-2-7(8)5-10-6/h2-4,6H,5H2,1H3. The van der Waals surface area contributed by atoms with Crippen molar-refractivity contribution in [3.05, 3.63) is 29.6 Å². The average molecular weight is 135 g/mol. The average Bonchev–Trinajstić information content (AvgIpc) is 2.34. The van der Waals surface area contributed by atoms with E-state index in [0.29, 0.717) is 0 Å². The van der Waals surface area contributed by atoms with E-state index in [9.17, 15) is 0 Å². The Hall–Kier alpha value is -0.890. The predicted molar refractivity (Wildman–Crippen MR) is 37.4 cm³/mol. The van der Waals surface area contributed by atoms with Crippen LogP contribution in [0, 0.1) is 0 Å². The first kappa shape index (κ1) is 5.86. The van der Waals surface area contributed by atoms with Crippen LogP contribution >= 0.6 is 0 Å².